The lowest BCUT2D eigenvalue weighted by Crippen LogP contribution is -2.23. The fourth-order valence-electron chi connectivity index (χ4n) is 3.19. The number of halogens is 1. The first-order valence-corrected chi connectivity index (χ1v) is 9.35. The Morgan fingerprint density at radius 2 is 1.93 bits per heavy atom. The van der Waals surface area contributed by atoms with Crippen LogP contribution in [0, 0.1) is 0 Å². The predicted octanol–water partition coefficient (Wildman–Crippen LogP) is 5.05. The molecule has 0 bridgehead atoms. The molecule has 2 N–H and O–H groups in total. The van der Waals surface area contributed by atoms with Crippen molar-refractivity contribution in [3.8, 4) is 11.3 Å². The third kappa shape index (κ3) is 4.18. The Morgan fingerprint density at radius 1 is 1.04 bits per heavy atom. The Bertz CT molecular complexity index is 1060. The summed E-state index contributed by atoms with van der Waals surface area (Å²) in [4.78, 5) is 4.14. The minimum absolute atomic E-state index is 0.0200. The summed E-state index contributed by atoms with van der Waals surface area (Å²) in [5.74, 6) is 0.842. The smallest absolute Gasteiger partial charge is 0.137 e. The Balaban J connectivity index is 1.41. The van der Waals surface area contributed by atoms with E-state index in [2.05, 4.69) is 16.2 Å². The highest BCUT2D eigenvalue weighted by atomic mass is 35.5. The van der Waals surface area contributed by atoms with E-state index in [1.165, 1.54) is 0 Å². The van der Waals surface area contributed by atoms with Gasteiger partial charge in [0.2, 0.25) is 0 Å². The summed E-state index contributed by atoms with van der Waals surface area (Å²) >= 11 is 6.21. The molecular weight excluding hydrogens is 358 g/mol. The summed E-state index contributed by atoms with van der Waals surface area (Å²) in [5.41, 5.74) is 9.22. The monoisotopic (exact) mass is 377 g/mol. The largest absolute Gasteiger partial charge is 0.361 e. The van der Waals surface area contributed by atoms with Crippen molar-refractivity contribution in [3.05, 3.63) is 83.3 Å². The quantitative estimate of drug-likeness (QED) is 0.511. The maximum absolute atomic E-state index is 6.28. The lowest BCUT2D eigenvalue weighted by molar-refractivity contribution is 0.378. The van der Waals surface area contributed by atoms with Gasteiger partial charge in [0, 0.05) is 46.9 Å². The molecule has 0 radical (unpaired) electrons. The van der Waals surface area contributed by atoms with Crippen molar-refractivity contribution in [3.63, 3.8) is 0 Å². The number of rotatable bonds is 6. The lowest BCUT2D eigenvalue weighted by Gasteiger charge is -2.11. The van der Waals surface area contributed by atoms with Crippen LogP contribution in [0.3, 0.4) is 0 Å². The molecule has 0 saturated heterocycles. The number of nitrogens with zero attached hydrogens (tertiary/aromatic N) is 2. The van der Waals surface area contributed by atoms with Crippen LogP contribution in [0.25, 0.3) is 22.0 Å². The molecule has 4 aromatic rings. The molecule has 136 valence electrons. The highest BCUT2D eigenvalue weighted by Gasteiger charge is 2.11. The summed E-state index contributed by atoms with van der Waals surface area (Å²) in [7, 11) is 0. The lowest BCUT2D eigenvalue weighted by atomic mass is 10.0. The zero-order chi connectivity index (χ0) is 18.6. The van der Waals surface area contributed by atoms with E-state index in [0.29, 0.717) is 0 Å². The Hall–Kier alpha value is -2.69. The van der Waals surface area contributed by atoms with Gasteiger partial charge in [-0.25, -0.2) is 0 Å². The number of nitrogens with two attached hydrogens (primary N) is 1. The van der Waals surface area contributed by atoms with E-state index in [9.17, 15) is 0 Å². The van der Waals surface area contributed by atoms with Crippen molar-refractivity contribution < 1.29 is 4.52 Å². The van der Waals surface area contributed by atoms with Gasteiger partial charge in [-0.05, 0) is 42.0 Å². The molecule has 0 aliphatic heterocycles. The van der Waals surface area contributed by atoms with Crippen molar-refractivity contribution in [1.29, 1.82) is 0 Å². The summed E-state index contributed by atoms with van der Waals surface area (Å²) < 4.78 is 5.51. The van der Waals surface area contributed by atoms with Crippen LogP contribution in [-0.4, -0.2) is 16.2 Å². The molecule has 4 nitrogen and oxygen atoms in total. The van der Waals surface area contributed by atoms with Gasteiger partial charge in [0.15, 0.2) is 0 Å². The minimum Gasteiger partial charge on any atom is -0.361 e. The van der Waals surface area contributed by atoms with Crippen molar-refractivity contribution in [2.75, 3.05) is 0 Å². The van der Waals surface area contributed by atoms with Gasteiger partial charge in [0.25, 0.3) is 0 Å². The third-order valence-electron chi connectivity index (χ3n) is 4.70. The second-order valence-electron chi connectivity index (χ2n) is 6.71. The predicted molar refractivity (Wildman–Crippen MR) is 109 cm³/mol. The molecule has 5 heteroatoms. The Morgan fingerprint density at radius 3 is 2.81 bits per heavy atom. The van der Waals surface area contributed by atoms with Crippen molar-refractivity contribution in [1.82, 2.24) is 10.1 Å². The summed E-state index contributed by atoms with van der Waals surface area (Å²) in [6.45, 7) is 0. The van der Waals surface area contributed by atoms with Crippen LogP contribution >= 0.6 is 11.6 Å². The van der Waals surface area contributed by atoms with E-state index < -0.39 is 0 Å². The number of hydrogen-bond acceptors (Lipinski definition) is 4. The minimum atomic E-state index is 0.0200. The van der Waals surface area contributed by atoms with E-state index in [1.54, 1.807) is 6.20 Å². The number of aryl methyl sites for hydroxylation is 1. The highest BCUT2D eigenvalue weighted by Crippen LogP contribution is 2.24. The van der Waals surface area contributed by atoms with Crippen molar-refractivity contribution in [2.24, 2.45) is 5.73 Å². The topological polar surface area (TPSA) is 64.9 Å². The van der Waals surface area contributed by atoms with Crippen LogP contribution in [-0.2, 0) is 12.8 Å². The van der Waals surface area contributed by atoms with E-state index in [0.717, 1.165) is 57.6 Å². The molecule has 0 unspecified atom stereocenters. The molecule has 0 aliphatic carbocycles. The Labute approximate surface area is 163 Å². The van der Waals surface area contributed by atoms with Gasteiger partial charge in [0.05, 0.1) is 0 Å². The van der Waals surface area contributed by atoms with E-state index >= 15 is 0 Å². The van der Waals surface area contributed by atoms with Gasteiger partial charge in [0.1, 0.15) is 11.5 Å². The second kappa shape index (κ2) is 7.91. The first-order chi connectivity index (χ1) is 13.2. The maximum atomic E-state index is 6.28. The third-order valence-corrected chi connectivity index (χ3v) is 5.07. The molecule has 2 aromatic heterocycles. The Kier molecular flexibility index (Phi) is 5.19. The average Bonchev–Trinajstić information content (AvgIpc) is 3.17. The van der Waals surface area contributed by atoms with Crippen LogP contribution in [0.2, 0.25) is 5.02 Å². The summed E-state index contributed by atoms with van der Waals surface area (Å²) in [6.07, 6.45) is 5.95. The summed E-state index contributed by atoms with van der Waals surface area (Å²) in [6, 6.07) is 18.0. The van der Waals surface area contributed by atoms with Crippen LogP contribution < -0.4 is 5.73 Å². The first-order valence-electron chi connectivity index (χ1n) is 8.98. The number of aromatic nitrogens is 2. The molecular formula is C22H20ClN3O. The fourth-order valence-corrected chi connectivity index (χ4v) is 3.40. The van der Waals surface area contributed by atoms with Crippen LogP contribution in [0.4, 0.5) is 0 Å². The van der Waals surface area contributed by atoms with Crippen LogP contribution in [0.5, 0.6) is 0 Å². The van der Waals surface area contributed by atoms with Gasteiger partial charge in [-0.3, -0.25) is 4.98 Å². The van der Waals surface area contributed by atoms with Gasteiger partial charge in [-0.15, -0.1) is 0 Å². The molecule has 4 rings (SSSR count). The zero-order valence-electron chi connectivity index (χ0n) is 14.8. The zero-order valence-corrected chi connectivity index (χ0v) is 15.6. The SMILES string of the molecule is N[C@H](CCc1cc(-c2ccc3cnccc3c2)no1)Cc1ccccc1Cl. The number of benzene rings is 2. The maximum Gasteiger partial charge on any atom is 0.137 e. The highest BCUT2D eigenvalue weighted by molar-refractivity contribution is 6.31. The van der Waals surface area contributed by atoms with E-state index in [1.807, 2.05) is 54.7 Å². The van der Waals surface area contributed by atoms with Gasteiger partial charge >= 0.3 is 0 Å². The summed E-state index contributed by atoms with van der Waals surface area (Å²) in [5, 5.41) is 7.22. The molecule has 0 spiro atoms. The fraction of sp³-hybridized carbons (Fsp3) is 0.182. The standard InChI is InChI=1S/C22H20ClN3O/c23-21-4-2-1-3-16(21)12-19(24)7-8-20-13-22(26-27-20)17-5-6-18-14-25-10-9-15(18)11-17/h1-6,9-11,13-14,19H,7-8,12,24H2/t19-/m1/s1. The number of pyridine rings is 1. The second-order valence-corrected chi connectivity index (χ2v) is 7.12. The molecule has 0 aliphatic rings. The molecule has 2 aromatic carbocycles. The molecule has 0 amide bonds. The molecule has 0 saturated carbocycles. The molecule has 27 heavy (non-hydrogen) atoms. The normalized spacial score (nSPS) is 12.4. The molecule has 2 heterocycles. The van der Waals surface area contributed by atoms with Gasteiger partial charge in [-0.2, -0.15) is 0 Å². The van der Waals surface area contributed by atoms with Crippen molar-refractivity contribution in [2.45, 2.75) is 25.3 Å². The van der Waals surface area contributed by atoms with Crippen LogP contribution in [0.1, 0.15) is 17.7 Å². The molecule has 0 fully saturated rings. The van der Waals surface area contributed by atoms with Crippen LogP contribution in [0.15, 0.2) is 71.5 Å². The van der Waals surface area contributed by atoms with Gasteiger partial charge < -0.3 is 10.3 Å². The average molecular weight is 378 g/mol. The molecule has 1 atom stereocenters. The number of fused-ring (bicyclic) bond motifs is 1. The van der Waals surface area contributed by atoms with Gasteiger partial charge in [-0.1, -0.05) is 47.1 Å². The first kappa shape index (κ1) is 17.7. The van der Waals surface area contributed by atoms with E-state index in [-0.39, 0.29) is 6.04 Å². The number of hydrogen-bond donors (Lipinski definition) is 1. The van der Waals surface area contributed by atoms with E-state index in [4.69, 9.17) is 21.9 Å². The van der Waals surface area contributed by atoms with Crippen molar-refractivity contribution >= 4 is 22.4 Å².